The lowest BCUT2D eigenvalue weighted by Gasteiger charge is -2.63. The molecular weight excluding hydrogens is 408 g/mol. The van der Waals surface area contributed by atoms with Gasteiger partial charge in [-0.25, -0.2) is 0 Å². The number of hydrogen-bond donors (Lipinski definition) is 1. The van der Waals surface area contributed by atoms with Crippen LogP contribution in [0, 0.1) is 45.3 Å². The van der Waals surface area contributed by atoms with Crippen molar-refractivity contribution in [2.24, 2.45) is 45.3 Å². The van der Waals surface area contributed by atoms with Crippen LogP contribution in [0.15, 0.2) is 23.8 Å². The van der Waals surface area contributed by atoms with E-state index in [0.29, 0.717) is 29.5 Å². The Morgan fingerprint density at radius 3 is 2.42 bits per heavy atom. The Balaban J connectivity index is 1.64. The molecule has 0 heterocycles. The summed E-state index contributed by atoms with van der Waals surface area (Å²) < 4.78 is 0. The van der Waals surface area contributed by atoms with Gasteiger partial charge in [0.05, 0.1) is 0 Å². The Morgan fingerprint density at radius 1 is 1.12 bits per heavy atom. The Labute approximate surface area is 201 Å². The molecule has 0 saturated heterocycles. The predicted octanol–water partition coefficient (Wildman–Crippen LogP) is 6.69. The molecule has 7 unspecified atom stereocenters. The highest BCUT2D eigenvalue weighted by molar-refractivity contribution is 5.96. The van der Waals surface area contributed by atoms with Crippen LogP contribution in [-0.2, 0) is 9.59 Å². The summed E-state index contributed by atoms with van der Waals surface area (Å²) in [6, 6.07) is 0. The molecule has 7 atom stereocenters. The van der Waals surface area contributed by atoms with Crippen molar-refractivity contribution >= 4 is 11.6 Å². The van der Waals surface area contributed by atoms with Gasteiger partial charge in [0.1, 0.15) is 11.4 Å². The van der Waals surface area contributed by atoms with E-state index in [2.05, 4.69) is 53.7 Å². The quantitative estimate of drug-likeness (QED) is 0.380. The van der Waals surface area contributed by atoms with Crippen molar-refractivity contribution in [2.45, 2.75) is 106 Å². The van der Waals surface area contributed by atoms with Gasteiger partial charge in [-0.3, -0.25) is 9.59 Å². The summed E-state index contributed by atoms with van der Waals surface area (Å²) in [4.78, 5) is 25.1. The highest BCUT2D eigenvalue weighted by Crippen LogP contribution is 2.73. The average Bonchev–Trinajstić information content (AvgIpc) is 3.00. The average molecular weight is 455 g/mol. The fraction of sp³-hybridized carbons (Fsp3) is 0.800. The van der Waals surface area contributed by atoms with Crippen LogP contribution in [0.1, 0.15) is 100 Å². The Kier molecular flexibility index (Phi) is 5.76. The zero-order valence-corrected chi connectivity index (χ0v) is 22.3. The van der Waals surface area contributed by atoms with Gasteiger partial charge in [-0.2, -0.15) is 0 Å². The first-order valence-electron chi connectivity index (χ1n) is 13.3. The summed E-state index contributed by atoms with van der Waals surface area (Å²) >= 11 is 0. The predicted molar refractivity (Wildman–Crippen MR) is 134 cm³/mol. The van der Waals surface area contributed by atoms with Crippen molar-refractivity contribution in [1.82, 2.24) is 0 Å². The van der Waals surface area contributed by atoms with Crippen molar-refractivity contribution in [3.8, 4) is 0 Å². The third-order valence-corrected chi connectivity index (χ3v) is 11.4. The van der Waals surface area contributed by atoms with E-state index in [1.54, 1.807) is 25.5 Å². The number of aliphatic hydroxyl groups is 1. The van der Waals surface area contributed by atoms with Crippen molar-refractivity contribution in [2.75, 3.05) is 0 Å². The molecule has 33 heavy (non-hydrogen) atoms. The fourth-order valence-corrected chi connectivity index (χ4v) is 8.97. The van der Waals surface area contributed by atoms with E-state index in [-0.39, 0.29) is 27.4 Å². The summed E-state index contributed by atoms with van der Waals surface area (Å²) in [5.74, 6) is 2.11. The van der Waals surface area contributed by atoms with Crippen molar-refractivity contribution in [1.29, 1.82) is 0 Å². The van der Waals surface area contributed by atoms with Gasteiger partial charge in [0.25, 0.3) is 0 Å². The van der Waals surface area contributed by atoms with Crippen LogP contribution in [0.2, 0.25) is 0 Å². The van der Waals surface area contributed by atoms with E-state index >= 15 is 0 Å². The topological polar surface area (TPSA) is 54.4 Å². The lowest BCUT2D eigenvalue weighted by atomic mass is 9.41. The SMILES string of the molecule is CC(C=CC(=O)C(C)(C)O)C1CCC2(C)C3=CCC4C(C)(C)C(=O)CCC4(C)C3CCC12C. The maximum Gasteiger partial charge on any atom is 0.186 e. The third kappa shape index (κ3) is 3.46. The molecule has 0 aromatic rings. The van der Waals surface area contributed by atoms with E-state index in [0.717, 1.165) is 19.3 Å². The van der Waals surface area contributed by atoms with Gasteiger partial charge >= 0.3 is 0 Å². The largest absolute Gasteiger partial charge is 0.382 e. The number of Topliss-reactive ketones (excluding diaryl/α,β-unsaturated/α-hetero) is 1. The van der Waals surface area contributed by atoms with Gasteiger partial charge in [-0.1, -0.05) is 59.3 Å². The molecule has 0 aromatic carbocycles. The van der Waals surface area contributed by atoms with Crippen molar-refractivity contribution in [3.63, 3.8) is 0 Å². The van der Waals surface area contributed by atoms with Crippen molar-refractivity contribution < 1.29 is 14.7 Å². The molecule has 4 aliphatic rings. The number of hydrogen-bond acceptors (Lipinski definition) is 3. The van der Waals surface area contributed by atoms with Gasteiger partial charge in [-0.15, -0.1) is 0 Å². The summed E-state index contributed by atoms with van der Waals surface area (Å²) in [5, 5.41) is 10.0. The molecule has 0 aromatic heterocycles. The normalized spacial score (nSPS) is 43.5. The minimum absolute atomic E-state index is 0.183. The van der Waals surface area contributed by atoms with Crippen LogP contribution in [0.25, 0.3) is 0 Å². The zero-order valence-electron chi connectivity index (χ0n) is 22.3. The van der Waals surface area contributed by atoms with Gasteiger partial charge in [0, 0.05) is 11.8 Å². The van der Waals surface area contributed by atoms with Crippen LogP contribution in [0.4, 0.5) is 0 Å². The number of rotatable bonds is 4. The molecular formula is C30H46O3. The summed E-state index contributed by atoms with van der Waals surface area (Å²) in [5.41, 5.74) is 0.765. The summed E-state index contributed by atoms with van der Waals surface area (Å²) in [6.07, 6.45) is 13.9. The van der Waals surface area contributed by atoms with E-state index in [9.17, 15) is 14.7 Å². The van der Waals surface area contributed by atoms with Gasteiger partial charge in [0.15, 0.2) is 5.78 Å². The third-order valence-electron chi connectivity index (χ3n) is 11.4. The summed E-state index contributed by atoms with van der Waals surface area (Å²) in [7, 11) is 0. The van der Waals surface area contributed by atoms with Crippen molar-refractivity contribution in [3.05, 3.63) is 23.8 Å². The second kappa shape index (κ2) is 7.64. The van der Waals surface area contributed by atoms with Crippen LogP contribution in [-0.4, -0.2) is 22.3 Å². The number of ketones is 2. The standard InChI is InChI=1S/C30H46O3/c1-19(9-12-25(32)27(4,5)33)20-13-17-30(8)22-10-11-23-26(2,3)24(31)15-16-28(23,6)21(22)14-18-29(20,30)7/h9-10,12,19-21,23,33H,11,13-18H2,1-8H3. The van der Waals surface area contributed by atoms with Crippen LogP contribution in [0.5, 0.6) is 0 Å². The van der Waals surface area contributed by atoms with E-state index in [1.165, 1.54) is 25.7 Å². The Morgan fingerprint density at radius 2 is 1.79 bits per heavy atom. The van der Waals surface area contributed by atoms with Crippen LogP contribution >= 0.6 is 0 Å². The molecule has 0 aliphatic heterocycles. The molecule has 4 aliphatic carbocycles. The fourth-order valence-electron chi connectivity index (χ4n) is 8.97. The Hall–Kier alpha value is -1.22. The first kappa shape index (κ1) is 24.9. The molecule has 0 radical (unpaired) electrons. The molecule has 1 N–H and O–H groups in total. The second-order valence-corrected chi connectivity index (χ2v) is 13.7. The monoisotopic (exact) mass is 454 g/mol. The van der Waals surface area contributed by atoms with Gasteiger partial charge in [-0.05, 0) is 98.4 Å². The number of fused-ring (bicyclic) bond motifs is 5. The van der Waals surface area contributed by atoms with Crippen LogP contribution < -0.4 is 0 Å². The molecule has 184 valence electrons. The molecule has 3 heteroatoms. The zero-order chi connectivity index (χ0) is 24.6. The van der Waals surface area contributed by atoms with E-state index < -0.39 is 5.60 Å². The maximum atomic E-state index is 12.8. The summed E-state index contributed by atoms with van der Waals surface area (Å²) in [6.45, 7) is 17.3. The number of carbonyl (C=O) groups is 2. The molecule has 3 nitrogen and oxygen atoms in total. The number of allylic oxidation sites excluding steroid dienone is 3. The van der Waals surface area contributed by atoms with E-state index in [4.69, 9.17) is 0 Å². The molecule has 0 bridgehead atoms. The lowest BCUT2D eigenvalue weighted by Crippen LogP contribution is -2.57. The smallest absolute Gasteiger partial charge is 0.186 e. The lowest BCUT2D eigenvalue weighted by molar-refractivity contribution is -0.145. The minimum atomic E-state index is -1.31. The van der Waals surface area contributed by atoms with Gasteiger partial charge < -0.3 is 5.11 Å². The molecule has 3 saturated carbocycles. The van der Waals surface area contributed by atoms with Gasteiger partial charge in [0.2, 0.25) is 0 Å². The molecule has 4 rings (SSSR count). The molecule has 3 fully saturated rings. The first-order valence-corrected chi connectivity index (χ1v) is 13.3. The van der Waals surface area contributed by atoms with Crippen LogP contribution in [0.3, 0.4) is 0 Å². The number of carbonyl (C=O) groups excluding carboxylic acids is 2. The maximum absolute atomic E-state index is 12.8. The van der Waals surface area contributed by atoms with E-state index in [1.807, 2.05) is 0 Å². The highest BCUT2D eigenvalue weighted by atomic mass is 16.3. The minimum Gasteiger partial charge on any atom is -0.382 e. The second-order valence-electron chi connectivity index (χ2n) is 13.7. The Bertz CT molecular complexity index is 902. The molecule has 0 amide bonds. The highest BCUT2D eigenvalue weighted by Gasteiger charge is 2.65. The first-order chi connectivity index (χ1) is 15.1. The molecule has 0 spiro atoms.